The van der Waals surface area contributed by atoms with Crippen LogP contribution in [0.2, 0.25) is 0 Å². The maximum atomic E-state index is 13.8. The van der Waals surface area contributed by atoms with Gasteiger partial charge in [-0.2, -0.15) is 0 Å². The van der Waals surface area contributed by atoms with Crippen LogP contribution in [0.3, 0.4) is 0 Å². The molecule has 4 rings (SSSR count). The zero-order chi connectivity index (χ0) is 18.3. The number of nitrogens with zero attached hydrogens (tertiary/aromatic N) is 2. The first-order chi connectivity index (χ1) is 12.4. The average molecular weight is 350 g/mol. The molecular weight excluding hydrogens is 327 g/mol. The van der Waals surface area contributed by atoms with Crippen LogP contribution in [-0.4, -0.2) is 21.3 Å². The summed E-state index contributed by atoms with van der Waals surface area (Å²) in [6.07, 6.45) is 16.4. The highest BCUT2D eigenvalue weighted by Crippen LogP contribution is 2.36. The van der Waals surface area contributed by atoms with Crippen LogP contribution < -0.4 is 0 Å². The summed E-state index contributed by atoms with van der Waals surface area (Å²) < 4.78 is 22.0. The first-order valence-electron chi connectivity index (χ1n) is 8.93. The second kappa shape index (κ2) is 6.36. The minimum Gasteiger partial charge on any atom is -0.363 e. The molecule has 1 aromatic carbocycles. The molecule has 1 aromatic heterocycles. The second-order valence-electron chi connectivity index (χ2n) is 7.57. The summed E-state index contributed by atoms with van der Waals surface area (Å²) in [5, 5.41) is 0. The summed E-state index contributed by atoms with van der Waals surface area (Å²) in [6, 6.07) is 5.26. The lowest BCUT2D eigenvalue weighted by molar-refractivity contribution is -0.0395. The maximum Gasteiger partial charge on any atom is 0.126 e. The lowest BCUT2D eigenvalue weighted by Crippen LogP contribution is -2.36. The van der Waals surface area contributed by atoms with Crippen molar-refractivity contribution in [1.82, 2.24) is 9.55 Å². The van der Waals surface area contributed by atoms with Crippen molar-refractivity contribution in [3.05, 3.63) is 89.8 Å². The molecule has 1 aliphatic carbocycles. The van der Waals surface area contributed by atoms with Crippen LogP contribution in [0.15, 0.2) is 72.9 Å². The number of hydrogen-bond acceptors (Lipinski definition) is 2. The van der Waals surface area contributed by atoms with Crippen molar-refractivity contribution in [2.24, 2.45) is 5.92 Å². The van der Waals surface area contributed by atoms with Crippen LogP contribution in [0.1, 0.15) is 31.0 Å². The van der Waals surface area contributed by atoms with E-state index in [9.17, 15) is 4.39 Å². The smallest absolute Gasteiger partial charge is 0.126 e. The maximum absolute atomic E-state index is 13.8. The molecule has 134 valence electrons. The number of allylic oxidation sites excluding steroid dienone is 2. The van der Waals surface area contributed by atoms with Gasteiger partial charge in [0.05, 0.1) is 24.1 Å². The Morgan fingerprint density at radius 3 is 2.85 bits per heavy atom. The van der Waals surface area contributed by atoms with Gasteiger partial charge in [0.15, 0.2) is 0 Å². The zero-order valence-corrected chi connectivity index (χ0v) is 15.3. The van der Waals surface area contributed by atoms with Crippen molar-refractivity contribution in [2.45, 2.75) is 38.5 Å². The predicted molar refractivity (Wildman–Crippen MR) is 100 cm³/mol. The summed E-state index contributed by atoms with van der Waals surface area (Å²) in [5.74, 6) is 0.0211. The van der Waals surface area contributed by atoms with E-state index in [4.69, 9.17) is 4.74 Å². The average Bonchev–Trinajstić information content (AvgIpc) is 3.12. The molecule has 3 unspecified atom stereocenters. The number of ether oxygens (including phenoxy) is 1. The summed E-state index contributed by atoms with van der Waals surface area (Å²) in [5.41, 5.74) is 2.60. The van der Waals surface area contributed by atoms with Crippen molar-refractivity contribution in [3.63, 3.8) is 0 Å². The van der Waals surface area contributed by atoms with Crippen LogP contribution in [-0.2, 0) is 4.74 Å². The van der Waals surface area contributed by atoms with Gasteiger partial charge in [-0.1, -0.05) is 42.5 Å². The number of fused-ring (bicyclic) bond motifs is 1. The molecule has 1 aliphatic heterocycles. The number of aryl methyl sites for hydroxylation is 1. The van der Waals surface area contributed by atoms with Crippen molar-refractivity contribution in [3.8, 4) is 0 Å². The number of imidazole rings is 1. The van der Waals surface area contributed by atoms with Gasteiger partial charge in [0.1, 0.15) is 5.82 Å². The van der Waals surface area contributed by atoms with E-state index in [1.807, 2.05) is 18.3 Å². The number of halogens is 1. The first-order valence-corrected chi connectivity index (χ1v) is 8.93. The van der Waals surface area contributed by atoms with E-state index in [2.05, 4.69) is 53.8 Å². The number of benzene rings is 1. The monoisotopic (exact) mass is 350 g/mol. The predicted octanol–water partition coefficient (Wildman–Crippen LogP) is 4.77. The molecule has 0 bridgehead atoms. The minimum absolute atomic E-state index is 0.0441. The van der Waals surface area contributed by atoms with Gasteiger partial charge in [0.2, 0.25) is 0 Å². The first kappa shape index (κ1) is 17.0. The summed E-state index contributed by atoms with van der Waals surface area (Å²) in [6.45, 7) is 5.94. The quantitative estimate of drug-likeness (QED) is 0.746. The van der Waals surface area contributed by atoms with Gasteiger partial charge in [-0.25, -0.2) is 9.37 Å². The van der Waals surface area contributed by atoms with E-state index < -0.39 is 0 Å². The molecule has 0 N–H and O–H groups in total. The van der Waals surface area contributed by atoms with Gasteiger partial charge >= 0.3 is 0 Å². The van der Waals surface area contributed by atoms with Gasteiger partial charge in [0, 0.05) is 18.3 Å². The Bertz CT molecular complexity index is 893. The summed E-state index contributed by atoms with van der Waals surface area (Å²) in [4.78, 5) is 4.20. The Hall–Kier alpha value is -2.46. The highest BCUT2D eigenvalue weighted by Gasteiger charge is 2.32. The van der Waals surface area contributed by atoms with Crippen molar-refractivity contribution in [2.75, 3.05) is 0 Å². The summed E-state index contributed by atoms with van der Waals surface area (Å²) >= 11 is 0. The molecule has 3 nitrogen and oxygen atoms in total. The third kappa shape index (κ3) is 3.17. The lowest BCUT2D eigenvalue weighted by Gasteiger charge is -2.37. The van der Waals surface area contributed by atoms with Gasteiger partial charge < -0.3 is 9.30 Å². The van der Waals surface area contributed by atoms with E-state index in [1.165, 1.54) is 6.07 Å². The molecule has 4 heteroatoms. The molecule has 0 fully saturated rings. The highest BCUT2D eigenvalue weighted by atomic mass is 19.1. The Morgan fingerprint density at radius 1 is 1.27 bits per heavy atom. The normalized spacial score (nSPS) is 24.8. The Balaban J connectivity index is 1.75. The lowest BCUT2D eigenvalue weighted by atomic mass is 9.84. The topological polar surface area (TPSA) is 27.1 Å². The van der Waals surface area contributed by atoms with E-state index in [0.29, 0.717) is 5.56 Å². The molecular formula is C22H23FN2O. The van der Waals surface area contributed by atoms with E-state index in [0.717, 1.165) is 11.1 Å². The Labute approximate surface area is 153 Å². The van der Waals surface area contributed by atoms with Crippen molar-refractivity contribution < 1.29 is 9.13 Å². The van der Waals surface area contributed by atoms with E-state index >= 15 is 0 Å². The molecule has 2 aromatic rings. The van der Waals surface area contributed by atoms with Gasteiger partial charge in [0.25, 0.3) is 0 Å². The number of hydrogen-bond donors (Lipinski definition) is 0. The van der Waals surface area contributed by atoms with Crippen LogP contribution in [0.5, 0.6) is 0 Å². The Morgan fingerprint density at radius 2 is 2.12 bits per heavy atom. The van der Waals surface area contributed by atoms with Gasteiger partial charge in [-0.3, -0.25) is 0 Å². The number of rotatable bonds is 3. The van der Waals surface area contributed by atoms with Crippen LogP contribution >= 0.6 is 0 Å². The zero-order valence-electron chi connectivity index (χ0n) is 15.3. The van der Waals surface area contributed by atoms with E-state index in [1.54, 1.807) is 19.4 Å². The fraction of sp³-hybridized carbons (Fsp3) is 0.318. The summed E-state index contributed by atoms with van der Waals surface area (Å²) in [7, 11) is 0. The SMILES string of the molecule is Cc1cc(C(C2=CC3C=CC(C)(C)OC3C=C2)n2ccnc2)ccc1F. The van der Waals surface area contributed by atoms with Gasteiger partial charge in [-0.05, 0) is 43.5 Å². The fourth-order valence-electron chi connectivity index (χ4n) is 3.70. The minimum atomic E-state index is -0.241. The largest absolute Gasteiger partial charge is 0.363 e. The van der Waals surface area contributed by atoms with Crippen LogP contribution in [0.25, 0.3) is 0 Å². The molecule has 26 heavy (non-hydrogen) atoms. The second-order valence-corrected chi connectivity index (χ2v) is 7.57. The van der Waals surface area contributed by atoms with E-state index in [-0.39, 0.29) is 29.5 Å². The van der Waals surface area contributed by atoms with Crippen molar-refractivity contribution >= 4 is 0 Å². The number of aromatic nitrogens is 2. The standard InChI is InChI=1S/C22H23FN2O/c1-15-12-17(4-6-19(15)23)21(25-11-10-24-14-25)18-5-7-20-16(13-18)8-9-22(2,3)26-20/h4-14,16,20-21H,1-3H3. The third-order valence-electron chi connectivity index (χ3n) is 5.04. The molecule has 0 saturated heterocycles. The molecule has 0 radical (unpaired) electrons. The fourth-order valence-corrected chi connectivity index (χ4v) is 3.70. The molecule has 0 amide bonds. The third-order valence-corrected chi connectivity index (χ3v) is 5.04. The highest BCUT2D eigenvalue weighted by molar-refractivity contribution is 5.41. The molecule has 2 heterocycles. The van der Waals surface area contributed by atoms with Crippen molar-refractivity contribution in [1.29, 1.82) is 0 Å². The molecule has 2 aliphatic rings. The van der Waals surface area contributed by atoms with Gasteiger partial charge in [-0.15, -0.1) is 0 Å². The molecule has 0 spiro atoms. The van der Waals surface area contributed by atoms with Crippen LogP contribution in [0, 0.1) is 18.7 Å². The van der Waals surface area contributed by atoms with Crippen LogP contribution in [0.4, 0.5) is 4.39 Å². The molecule has 3 atom stereocenters. The Kier molecular flexibility index (Phi) is 4.16. The molecule has 0 saturated carbocycles.